The van der Waals surface area contributed by atoms with E-state index in [2.05, 4.69) is 10.5 Å². The van der Waals surface area contributed by atoms with Crippen molar-refractivity contribution in [1.82, 2.24) is 5.16 Å². The molecule has 1 amide bonds. The summed E-state index contributed by atoms with van der Waals surface area (Å²) in [7, 11) is 0. The Morgan fingerprint density at radius 2 is 2.25 bits per heavy atom. The Balaban J connectivity index is 2.62. The highest BCUT2D eigenvalue weighted by molar-refractivity contribution is 5.92. The van der Waals surface area contributed by atoms with Gasteiger partial charge in [0.05, 0.1) is 5.39 Å². The van der Waals surface area contributed by atoms with E-state index in [0.717, 1.165) is 5.39 Å². The van der Waals surface area contributed by atoms with Crippen LogP contribution in [0.1, 0.15) is 0 Å². The van der Waals surface area contributed by atoms with Crippen molar-refractivity contribution >= 4 is 23.2 Å². The normalized spacial score (nSPS) is 10.0. The molecule has 0 saturated heterocycles. The molecular weight excluding hydrogens is 156 g/mol. The molecule has 0 atom stereocenters. The van der Waals surface area contributed by atoms with Crippen LogP contribution in [0, 0.1) is 0 Å². The van der Waals surface area contributed by atoms with E-state index in [4.69, 9.17) is 4.52 Å². The first-order valence-electron chi connectivity index (χ1n) is 3.39. The van der Waals surface area contributed by atoms with Crippen molar-refractivity contribution in [3.63, 3.8) is 0 Å². The average Bonchev–Trinajstić information content (AvgIpc) is 2.50. The topological polar surface area (TPSA) is 55.1 Å². The molecule has 0 fully saturated rings. The van der Waals surface area contributed by atoms with Gasteiger partial charge in [0, 0.05) is 0 Å². The van der Waals surface area contributed by atoms with Gasteiger partial charge in [-0.2, -0.15) is 0 Å². The Labute approximate surface area is 68.2 Å². The van der Waals surface area contributed by atoms with Crippen LogP contribution in [-0.4, -0.2) is 11.6 Å². The Kier molecular flexibility index (Phi) is 1.51. The molecule has 0 spiro atoms. The van der Waals surface area contributed by atoms with E-state index in [1.165, 1.54) is 6.41 Å². The van der Waals surface area contributed by atoms with Crippen LogP contribution in [0.15, 0.2) is 28.8 Å². The Hall–Kier alpha value is -1.84. The lowest BCUT2D eigenvalue weighted by Gasteiger charge is -1.87. The molecule has 1 aromatic heterocycles. The molecule has 1 aromatic carbocycles. The van der Waals surface area contributed by atoms with Gasteiger partial charge in [0.1, 0.15) is 0 Å². The van der Waals surface area contributed by atoms with Gasteiger partial charge in [-0.15, -0.1) is 0 Å². The van der Waals surface area contributed by atoms with E-state index in [1.807, 2.05) is 18.2 Å². The number of anilines is 1. The zero-order chi connectivity index (χ0) is 8.39. The van der Waals surface area contributed by atoms with Gasteiger partial charge in [-0.05, 0) is 12.1 Å². The number of amides is 1. The summed E-state index contributed by atoms with van der Waals surface area (Å²) < 4.78 is 4.91. The summed E-state index contributed by atoms with van der Waals surface area (Å²) >= 11 is 0. The van der Waals surface area contributed by atoms with Crippen LogP contribution in [0.4, 0.5) is 5.82 Å². The van der Waals surface area contributed by atoms with E-state index < -0.39 is 0 Å². The minimum atomic E-state index is 0.403. The molecule has 0 aliphatic heterocycles. The van der Waals surface area contributed by atoms with E-state index in [1.54, 1.807) is 6.07 Å². The quantitative estimate of drug-likeness (QED) is 0.675. The summed E-state index contributed by atoms with van der Waals surface area (Å²) in [5.74, 6) is 0.403. The number of hydrogen-bond acceptors (Lipinski definition) is 3. The number of hydrogen-bond donors (Lipinski definition) is 1. The third-order valence-electron chi connectivity index (χ3n) is 1.55. The summed E-state index contributed by atoms with van der Waals surface area (Å²) in [4.78, 5) is 10.00. The number of nitrogens with one attached hydrogen (secondary N) is 1. The molecule has 0 bridgehead atoms. The van der Waals surface area contributed by atoms with Crippen molar-refractivity contribution in [1.29, 1.82) is 0 Å². The van der Waals surface area contributed by atoms with Gasteiger partial charge in [0.25, 0.3) is 0 Å². The molecule has 2 rings (SSSR count). The van der Waals surface area contributed by atoms with Gasteiger partial charge in [-0.25, -0.2) is 0 Å². The average molecular weight is 161 g/mol. The molecular formula is C8H5N2O2. The fraction of sp³-hybridized carbons (Fsp3) is 0. The summed E-state index contributed by atoms with van der Waals surface area (Å²) in [6.45, 7) is 0. The number of benzene rings is 1. The first-order chi connectivity index (χ1) is 5.92. The highest BCUT2D eigenvalue weighted by Gasteiger charge is 2.04. The van der Waals surface area contributed by atoms with Crippen molar-refractivity contribution in [3.8, 4) is 0 Å². The predicted molar refractivity (Wildman–Crippen MR) is 43.3 cm³/mol. The van der Waals surface area contributed by atoms with Crippen LogP contribution in [0.3, 0.4) is 0 Å². The second-order valence-corrected chi connectivity index (χ2v) is 2.25. The van der Waals surface area contributed by atoms with Crippen molar-refractivity contribution < 1.29 is 9.32 Å². The predicted octanol–water partition coefficient (Wildman–Crippen LogP) is 1.31. The van der Waals surface area contributed by atoms with E-state index in [9.17, 15) is 4.79 Å². The van der Waals surface area contributed by atoms with Crippen LogP contribution in [0.5, 0.6) is 0 Å². The Morgan fingerprint density at radius 1 is 1.42 bits per heavy atom. The third kappa shape index (κ3) is 0.934. The summed E-state index contributed by atoms with van der Waals surface area (Å²) in [5.41, 5.74) is 0.648. The molecule has 1 radical (unpaired) electrons. The molecule has 1 heterocycles. The molecule has 1 N–H and O–H groups in total. The SMILES string of the molecule is O=[C]Nc1noc2ccccc12. The van der Waals surface area contributed by atoms with E-state index in [-0.39, 0.29) is 0 Å². The van der Waals surface area contributed by atoms with Crippen LogP contribution >= 0.6 is 0 Å². The highest BCUT2D eigenvalue weighted by Crippen LogP contribution is 2.20. The first-order valence-corrected chi connectivity index (χ1v) is 3.39. The van der Waals surface area contributed by atoms with Crippen LogP contribution < -0.4 is 5.32 Å². The largest absolute Gasteiger partial charge is 0.354 e. The second-order valence-electron chi connectivity index (χ2n) is 2.25. The van der Waals surface area contributed by atoms with Gasteiger partial charge in [0.2, 0.25) is 0 Å². The lowest BCUT2D eigenvalue weighted by atomic mass is 10.2. The van der Waals surface area contributed by atoms with E-state index >= 15 is 0 Å². The zero-order valence-corrected chi connectivity index (χ0v) is 6.07. The van der Waals surface area contributed by atoms with Crippen molar-refractivity contribution in [2.24, 2.45) is 0 Å². The van der Waals surface area contributed by atoms with Crippen LogP contribution in [0.25, 0.3) is 11.0 Å². The molecule has 59 valence electrons. The molecule has 12 heavy (non-hydrogen) atoms. The zero-order valence-electron chi connectivity index (χ0n) is 6.07. The number of rotatable bonds is 2. The smallest absolute Gasteiger partial charge is 0.315 e. The summed E-state index contributed by atoms with van der Waals surface area (Å²) in [6, 6.07) is 7.27. The number of aromatic nitrogens is 1. The molecule has 0 aliphatic carbocycles. The third-order valence-corrected chi connectivity index (χ3v) is 1.55. The Bertz CT molecular complexity index is 408. The maximum absolute atomic E-state index is 10.00. The molecule has 0 unspecified atom stereocenters. The second kappa shape index (κ2) is 2.65. The molecule has 4 nitrogen and oxygen atoms in total. The monoisotopic (exact) mass is 161 g/mol. The van der Waals surface area contributed by atoms with E-state index in [0.29, 0.717) is 11.4 Å². The van der Waals surface area contributed by atoms with Crippen molar-refractivity contribution in [2.75, 3.05) is 5.32 Å². The van der Waals surface area contributed by atoms with Crippen molar-refractivity contribution in [2.45, 2.75) is 0 Å². The number of fused-ring (bicyclic) bond motifs is 1. The molecule has 0 saturated carbocycles. The van der Waals surface area contributed by atoms with Crippen LogP contribution in [0.2, 0.25) is 0 Å². The molecule has 2 aromatic rings. The standard InChI is InChI=1S/C8H5N2O2/c11-5-9-8-6-3-1-2-4-7(6)12-10-8/h1-4H,(H,9,10,11). The fourth-order valence-electron chi connectivity index (χ4n) is 1.02. The van der Waals surface area contributed by atoms with Gasteiger partial charge in [-0.3, -0.25) is 10.1 Å². The maximum Gasteiger partial charge on any atom is 0.315 e. The van der Waals surface area contributed by atoms with Gasteiger partial charge in [-0.1, -0.05) is 17.3 Å². The minimum absolute atomic E-state index is 0.403. The highest BCUT2D eigenvalue weighted by atomic mass is 16.5. The summed E-state index contributed by atoms with van der Waals surface area (Å²) in [5, 5.41) is 6.74. The first kappa shape index (κ1) is 6.84. The lowest BCUT2D eigenvalue weighted by molar-refractivity contribution is 0.460. The van der Waals surface area contributed by atoms with Crippen LogP contribution in [-0.2, 0) is 4.79 Å². The molecule has 0 aliphatic rings. The van der Waals surface area contributed by atoms with Gasteiger partial charge in [0.15, 0.2) is 11.4 Å². The number of nitrogens with zero attached hydrogens (tertiary/aromatic N) is 1. The van der Waals surface area contributed by atoms with Crippen molar-refractivity contribution in [3.05, 3.63) is 24.3 Å². The lowest BCUT2D eigenvalue weighted by Crippen LogP contribution is -1.93. The molecule has 4 heteroatoms. The maximum atomic E-state index is 10.00. The summed E-state index contributed by atoms with van der Waals surface area (Å²) in [6.07, 6.45) is 1.54. The fourth-order valence-corrected chi connectivity index (χ4v) is 1.02. The van der Waals surface area contributed by atoms with Gasteiger partial charge >= 0.3 is 6.41 Å². The van der Waals surface area contributed by atoms with Gasteiger partial charge < -0.3 is 4.52 Å². The number of para-hydroxylation sites is 1. The number of carbonyl (C=O) groups excluding carboxylic acids is 1. The minimum Gasteiger partial charge on any atom is -0.354 e. The Morgan fingerprint density at radius 3 is 3.08 bits per heavy atom.